The van der Waals surface area contributed by atoms with E-state index in [2.05, 4.69) is 0 Å². The lowest BCUT2D eigenvalue weighted by molar-refractivity contribution is -0.120. The van der Waals surface area contributed by atoms with Gasteiger partial charge in [-0.15, -0.1) is 0 Å². The molecule has 1 atom stereocenters. The van der Waals surface area contributed by atoms with Crippen LogP contribution in [0, 0.1) is 5.41 Å². The van der Waals surface area contributed by atoms with Crippen LogP contribution in [0.2, 0.25) is 0 Å². The van der Waals surface area contributed by atoms with Crippen molar-refractivity contribution in [1.29, 1.82) is 0 Å². The van der Waals surface area contributed by atoms with Crippen LogP contribution in [0.3, 0.4) is 0 Å². The van der Waals surface area contributed by atoms with Gasteiger partial charge in [0.05, 0.1) is 14.2 Å². The van der Waals surface area contributed by atoms with Crippen molar-refractivity contribution in [1.82, 2.24) is 0 Å². The third kappa shape index (κ3) is 4.42. The Morgan fingerprint density at radius 3 is 2.45 bits per heavy atom. The highest BCUT2D eigenvalue weighted by Crippen LogP contribution is 2.36. The van der Waals surface area contributed by atoms with E-state index < -0.39 is 0 Å². The molecule has 0 saturated heterocycles. The number of nitrogens with two attached hydrogens (primary N) is 2. The van der Waals surface area contributed by atoms with Gasteiger partial charge < -0.3 is 20.9 Å². The van der Waals surface area contributed by atoms with Crippen LogP contribution in [0.5, 0.6) is 11.5 Å². The maximum Gasteiger partial charge on any atom is 0.217 e. The zero-order valence-electron chi connectivity index (χ0n) is 12.6. The number of hydrogen-bond acceptors (Lipinski definition) is 4. The minimum absolute atomic E-state index is 0.231. The Morgan fingerprint density at radius 1 is 1.30 bits per heavy atom. The number of carbonyl (C=O) groups excluding carboxylic acids is 1. The van der Waals surface area contributed by atoms with E-state index in [-0.39, 0.29) is 17.4 Å². The quantitative estimate of drug-likeness (QED) is 0.799. The van der Waals surface area contributed by atoms with Gasteiger partial charge in [0, 0.05) is 24.1 Å². The van der Waals surface area contributed by atoms with Crippen LogP contribution in [0.4, 0.5) is 0 Å². The molecular formula is C15H24N2O3. The minimum atomic E-state index is -0.316. The molecule has 20 heavy (non-hydrogen) atoms. The molecule has 1 unspecified atom stereocenters. The molecule has 1 amide bonds. The van der Waals surface area contributed by atoms with Gasteiger partial charge in [-0.05, 0) is 17.9 Å². The van der Waals surface area contributed by atoms with Crippen LogP contribution >= 0.6 is 0 Å². The Morgan fingerprint density at radius 2 is 1.95 bits per heavy atom. The summed E-state index contributed by atoms with van der Waals surface area (Å²) in [5.74, 6) is 1.09. The van der Waals surface area contributed by atoms with Gasteiger partial charge in [-0.2, -0.15) is 0 Å². The third-order valence-corrected chi connectivity index (χ3v) is 3.27. The van der Waals surface area contributed by atoms with Gasteiger partial charge in [-0.25, -0.2) is 0 Å². The van der Waals surface area contributed by atoms with E-state index in [0.29, 0.717) is 24.3 Å². The lowest BCUT2D eigenvalue weighted by Crippen LogP contribution is -2.27. The van der Waals surface area contributed by atoms with Gasteiger partial charge in [0.2, 0.25) is 5.91 Å². The second-order valence-electron chi connectivity index (χ2n) is 5.73. The molecule has 0 aliphatic rings. The number of primary amides is 1. The van der Waals surface area contributed by atoms with Crippen LogP contribution < -0.4 is 20.9 Å². The van der Waals surface area contributed by atoms with Crippen molar-refractivity contribution in [3.63, 3.8) is 0 Å². The van der Waals surface area contributed by atoms with Crippen LogP contribution in [0.25, 0.3) is 0 Å². The van der Waals surface area contributed by atoms with Crippen LogP contribution in [-0.4, -0.2) is 20.1 Å². The van der Waals surface area contributed by atoms with Crippen molar-refractivity contribution < 1.29 is 14.3 Å². The molecular weight excluding hydrogens is 256 g/mol. The zero-order valence-corrected chi connectivity index (χ0v) is 12.6. The van der Waals surface area contributed by atoms with Crippen molar-refractivity contribution in [2.45, 2.75) is 32.7 Å². The Bertz CT molecular complexity index is 472. The predicted octanol–water partition coefficient (Wildman–Crippen LogP) is 2.00. The van der Waals surface area contributed by atoms with Gasteiger partial charge >= 0.3 is 0 Å². The van der Waals surface area contributed by atoms with Gasteiger partial charge in [-0.1, -0.05) is 19.9 Å². The molecule has 1 rings (SSSR count). The molecule has 0 aromatic heterocycles. The summed E-state index contributed by atoms with van der Waals surface area (Å²) < 4.78 is 10.5. The van der Waals surface area contributed by atoms with Gasteiger partial charge in [0.1, 0.15) is 11.5 Å². The molecule has 112 valence electrons. The van der Waals surface area contributed by atoms with Gasteiger partial charge in [0.15, 0.2) is 0 Å². The van der Waals surface area contributed by atoms with Crippen LogP contribution in [0.1, 0.15) is 38.3 Å². The van der Waals surface area contributed by atoms with E-state index >= 15 is 0 Å². The van der Waals surface area contributed by atoms with Crippen molar-refractivity contribution >= 4 is 5.91 Å². The number of carbonyl (C=O) groups is 1. The Hall–Kier alpha value is -1.75. The van der Waals surface area contributed by atoms with Crippen molar-refractivity contribution in [3.05, 3.63) is 23.8 Å². The molecule has 0 heterocycles. The highest BCUT2D eigenvalue weighted by Gasteiger charge is 2.26. The van der Waals surface area contributed by atoms with Crippen molar-refractivity contribution in [3.8, 4) is 11.5 Å². The topological polar surface area (TPSA) is 87.6 Å². The number of methoxy groups -OCH3 is 2. The summed E-state index contributed by atoms with van der Waals surface area (Å²) in [4.78, 5) is 11.1. The average Bonchev–Trinajstić information content (AvgIpc) is 2.35. The first-order valence-electron chi connectivity index (χ1n) is 6.55. The summed E-state index contributed by atoms with van der Waals surface area (Å²) >= 11 is 0. The minimum Gasteiger partial charge on any atom is -0.497 e. The largest absolute Gasteiger partial charge is 0.497 e. The molecule has 0 bridgehead atoms. The van der Waals surface area contributed by atoms with E-state index in [1.54, 1.807) is 20.3 Å². The Labute approximate surface area is 120 Å². The van der Waals surface area contributed by atoms with E-state index in [1.165, 1.54) is 0 Å². The van der Waals surface area contributed by atoms with Crippen LogP contribution in [0.15, 0.2) is 18.2 Å². The highest BCUT2D eigenvalue weighted by atomic mass is 16.5. The first-order chi connectivity index (χ1) is 9.29. The summed E-state index contributed by atoms with van der Waals surface area (Å²) in [6.07, 6.45) is 0.942. The molecule has 1 aromatic carbocycles. The summed E-state index contributed by atoms with van der Waals surface area (Å²) in [5.41, 5.74) is 12.2. The first-order valence-corrected chi connectivity index (χ1v) is 6.55. The van der Waals surface area contributed by atoms with Crippen molar-refractivity contribution in [2.75, 3.05) is 14.2 Å². The van der Waals surface area contributed by atoms with E-state index in [4.69, 9.17) is 20.9 Å². The number of benzene rings is 1. The normalized spacial score (nSPS) is 12.8. The van der Waals surface area contributed by atoms with Crippen LogP contribution in [-0.2, 0) is 4.79 Å². The van der Waals surface area contributed by atoms with Gasteiger partial charge in [0.25, 0.3) is 0 Å². The van der Waals surface area contributed by atoms with E-state index in [9.17, 15) is 4.79 Å². The maximum atomic E-state index is 11.1. The number of hydrogen-bond donors (Lipinski definition) is 2. The molecule has 0 radical (unpaired) electrons. The summed E-state index contributed by atoms with van der Waals surface area (Å²) in [5, 5.41) is 0. The highest BCUT2D eigenvalue weighted by molar-refractivity contribution is 5.74. The monoisotopic (exact) mass is 280 g/mol. The maximum absolute atomic E-state index is 11.1. The summed E-state index contributed by atoms with van der Waals surface area (Å²) in [6, 6.07) is 5.31. The molecule has 0 fully saturated rings. The second kappa shape index (κ2) is 6.61. The van der Waals surface area contributed by atoms with Crippen molar-refractivity contribution in [2.24, 2.45) is 16.9 Å². The lowest BCUT2D eigenvalue weighted by atomic mass is 9.80. The third-order valence-electron chi connectivity index (χ3n) is 3.27. The summed E-state index contributed by atoms with van der Waals surface area (Å²) in [6.45, 7) is 3.96. The molecule has 0 spiro atoms. The van der Waals surface area contributed by atoms with E-state index in [0.717, 1.165) is 5.56 Å². The molecule has 1 aromatic rings. The second-order valence-corrected chi connectivity index (χ2v) is 5.73. The SMILES string of the molecule is COc1ccc(C(N)CC(C)(C)CC(N)=O)c(OC)c1. The molecule has 4 N–H and O–H groups in total. The Balaban J connectivity index is 2.91. The van der Waals surface area contributed by atoms with E-state index in [1.807, 2.05) is 26.0 Å². The first kappa shape index (κ1) is 16.3. The molecule has 0 saturated carbocycles. The fourth-order valence-corrected chi connectivity index (χ4v) is 2.37. The fraction of sp³-hybridized carbons (Fsp3) is 0.533. The smallest absolute Gasteiger partial charge is 0.217 e. The standard InChI is InChI=1S/C15H24N2O3/c1-15(2,9-14(17)18)8-12(16)11-6-5-10(19-3)7-13(11)20-4/h5-7,12H,8-9,16H2,1-4H3,(H2,17,18). The molecule has 5 nitrogen and oxygen atoms in total. The fourth-order valence-electron chi connectivity index (χ4n) is 2.37. The number of amides is 1. The zero-order chi connectivity index (χ0) is 15.3. The molecule has 0 aliphatic carbocycles. The average molecular weight is 280 g/mol. The number of ether oxygens (including phenoxy) is 2. The predicted molar refractivity (Wildman–Crippen MR) is 78.7 cm³/mol. The number of rotatable bonds is 7. The molecule has 5 heteroatoms. The lowest BCUT2D eigenvalue weighted by Gasteiger charge is -2.27. The molecule has 0 aliphatic heterocycles. The summed E-state index contributed by atoms with van der Waals surface area (Å²) in [7, 11) is 3.20. The van der Waals surface area contributed by atoms with Gasteiger partial charge in [-0.3, -0.25) is 4.79 Å². The Kier molecular flexibility index (Phi) is 5.39.